The van der Waals surface area contributed by atoms with E-state index in [1.54, 1.807) is 0 Å². The number of esters is 4. The van der Waals surface area contributed by atoms with Gasteiger partial charge < -0.3 is 33.8 Å². The van der Waals surface area contributed by atoms with Crippen LogP contribution in [0.3, 0.4) is 0 Å². The van der Waals surface area contributed by atoms with Crippen molar-refractivity contribution in [3.8, 4) is 0 Å². The predicted octanol–water partition coefficient (Wildman–Crippen LogP) is 21.3. The molecule has 552 valence electrons. The molecule has 4 unspecified atom stereocenters. The van der Waals surface area contributed by atoms with E-state index in [0.717, 1.165) is 114 Å². The van der Waals surface area contributed by atoms with Gasteiger partial charge in [-0.3, -0.25) is 37.3 Å². The normalized spacial score (nSPS) is 14.5. The Morgan fingerprint density at radius 3 is 0.763 bits per heavy atom. The highest BCUT2D eigenvalue weighted by Gasteiger charge is 2.30. The van der Waals surface area contributed by atoms with E-state index in [0.29, 0.717) is 31.6 Å². The molecule has 0 radical (unpaired) electrons. The van der Waals surface area contributed by atoms with Crippen molar-refractivity contribution >= 4 is 39.5 Å². The minimum absolute atomic E-state index is 0.105. The summed E-state index contributed by atoms with van der Waals surface area (Å²) >= 11 is 0. The zero-order valence-corrected chi connectivity index (χ0v) is 62.7. The number of aliphatic hydroxyl groups excluding tert-OH is 1. The summed E-state index contributed by atoms with van der Waals surface area (Å²) in [4.78, 5) is 72.7. The fraction of sp³-hybridized carbons (Fsp3) is 0.946. The SMILES string of the molecule is CCC(C)CCCCCCCCCCC(=O)O[C@H](COC(=O)CCCCCCCCCCCCCCCCCC(C)C)COP(=O)(O)OCC(O)COP(=O)(O)OC[C@@H](COC(=O)CCCCCCCCCC(C)C)OC(=O)CCCCCCCCCCCCC(C)C. The Balaban J connectivity index is 5.22. The number of phosphoric ester groups is 2. The topological polar surface area (TPSA) is 237 Å². The molecule has 0 aromatic heterocycles. The molecular formula is C74H144O17P2. The van der Waals surface area contributed by atoms with E-state index in [9.17, 15) is 43.2 Å². The van der Waals surface area contributed by atoms with Crippen LogP contribution in [-0.2, 0) is 65.4 Å². The smallest absolute Gasteiger partial charge is 0.462 e. The molecule has 0 bridgehead atoms. The third-order valence-corrected chi connectivity index (χ3v) is 19.3. The van der Waals surface area contributed by atoms with Crippen molar-refractivity contribution in [2.45, 2.75) is 388 Å². The molecule has 0 aliphatic rings. The van der Waals surface area contributed by atoms with Gasteiger partial charge in [0.25, 0.3) is 0 Å². The largest absolute Gasteiger partial charge is 0.472 e. The summed E-state index contributed by atoms with van der Waals surface area (Å²) in [6.45, 7) is 14.1. The number of carbonyl (C=O) groups is 4. The summed E-state index contributed by atoms with van der Waals surface area (Å²) in [7, 11) is -9.91. The lowest BCUT2D eigenvalue weighted by Crippen LogP contribution is -2.30. The Hall–Kier alpha value is -1.94. The van der Waals surface area contributed by atoms with Crippen LogP contribution in [0.1, 0.15) is 370 Å². The highest BCUT2D eigenvalue weighted by Crippen LogP contribution is 2.45. The van der Waals surface area contributed by atoms with E-state index < -0.39 is 97.5 Å². The minimum atomic E-state index is -4.96. The first-order valence-electron chi connectivity index (χ1n) is 38.2. The number of ether oxygens (including phenoxy) is 4. The van der Waals surface area contributed by atoms with E-state index >= 15 is 0 Å². The Kier molecular flexibility index (Phi) is 62.2. The number of phosphoric acid groups is 2. The van der Waals surface area contributed by atoms with E-state index in [1.807, 2.05) is 0 Å². The van der Waals surface area contributed by atoms with Gasteiger partial charge in [-0.15, -0.1) is 0 Å². The number of rotatable bonds is 71. The standard InChI is InChI=1S/C74H144O17P2/c1-9-67(8)53-45-37-29-23-24-32-41-49-57-74(79)91-69(60-84-71(76)54-46-38-30-21-16-14-12-10-11-13-15-19-26-34-42-50-64(2)3)62-88-92(80,81)86-58-68(75)59-87-93(82,83)89-63-70(61-85-72(77)55-47-39-33-25-28-36-44-52-66(6)7)90-73(78)56-48-40-31-22-18-17-20-27-35-43-51-65(4)5/h64-70,75H,9-63H2,1-8H3,(H,80,81)(H,82,83)/t67?,68?,69-,70-/m1/s1. The van der Waals surface area contributed by atoms with E-state index in [-0.39, 0.29) is 25.7 Å². The van der Waals surface area contributed by atoms with Gasteiger partial charge in [-0.2, -0.15) is 0 Å². The Labute approximate surface area is 568 Å². The van der Waals surface area contributed by atoms with Gasteiger partial charge in [0.2, 0.25) is 0 Å². The van der Waals surface area contributed by atoms with Gasteiger partial charge in [0.15, 0.2) is 12.2 Å². The molecule has 0 heterocycles. The minimum Gasteiger partial charge on any atom is -0.462 e. The first kappa shape index (κ1) is 91.1. The molecule has 0 fully saturated rings. The van der Waals surface area contributed by atoms with Crippen LogP contribution in [0.4, 0.5) is 0 Å². The molecule has 3 N–H and O–H groups in total. The van der Waals surface area contributed by atoms with Crippen molar-refractivity contribution in [3.05, 3.63) is 0 Å². The Morgan fingerprint density at radius 1 is 0.301 bits per heavy atom. The summed E-state index contributed by atoms with van der Waals surface area (Å²) in [5.74, 6) is 0.907. The number of hydrogen-bond acceptors (Lipinski definition) is 15. The molecule has 17 nitrogen and oxygen atoms in total. The highest BCUT2D eigenvalue weighted by atomic mass is 31.2. The Morgan fingerprint density at radius 2 is 0.516 bits per heavy atom. The summed E-state index contributed by atoms with van der Waals surface area (Å²) in [5, 5.41) is 10.6. The quantitative estimate of drug-likeness (QED) is 0.0222. The number of hydrogen-bond donors (Lipinski definition) is 3. The van der Waals surface area contributed by atoms with E-state index in [2.05, 4.69) is 55.4 Å². The average molecular weight is 1370 g/mol. The van der Waals surface area contributed by atoms with Gasteiger partial charge in [0, 0.05) is 25.7 Å². The molecule has 0 amide bonds. The molecule has 0 aliphatic heterocycles. The van der Waals surface area contributed by atoms with Crippen molar-refractivity contribution in [2.24, 2.45) is 23.7 Å². The molecule has 6 atom stereocenters. The van der Waals surface area contributed by atoms with E-state index in [4.69, 9.17) is 37.0 Å². The van der Waals surface area contributed by atoms with Crippen molar-refractivity contribution in [1.29, 1.82) is 0 Å². The Bertz CT molecular complexity index is 1840. The molecular weight excluding hydrogens is 1220 g/mol. The van der Waals surface area contributed by atoms with Gasteiger partial charge in [-0.25, -0.2) is 9.13 Å². The molecule has 0 rings (SSSR count). The van der Waals surface area contributed by atoms with E-state index in [1.165, 1.54) is 167 Å². The molecule has 0 spiro atoms. The summed E-state index contributed by atoms with van der Waals surface area (Å²) in [6, 6.07) is 0. The lowest BCUT2D eigenvalue weighted by Gasteiger charge is -2.21. The number of aliphatic hydroxyl groups is 1. The maximum absolute atomic E-state index is 13.1. The average Bonchev–Trinajstić information content (AvgIpc) is 2.35. The van der Waals surface area contributed by atoms with Gasteiger partial charge in [0.1, 0.15) is 19.3 Å². The van der Waals surface area contributed by atoms with Crippen LogP contribution in [0.2, 0.25) is 0 Å². The van der Waals surface area contributed by atoms with Crippen LogP contribution >= 0.6 is 15.6 Å². The molecule has 0 aliphatic carbocycles. The zero-order chi connectivity index (χ0) is 68.9. The zero-order valence-electron chi connectivity index (χ0n) is 60.9. The second-order valence-corrected chi connectivity index (χ2v) is 31.3. The second kappa shape index (κ2) is 63.5. The molecule has 0 saturated carbocycles. The monoisotopic (exact) mass is 1370 g/mol. The third kappa shape index (κ3) is 67.0. The summed E-state index contributed by atoms with van der Waals surface area (Å²) in [5.41, 5.74) is 0. The first-order valence-corrected chi connectivity index (χ1v) is 41.2. The van der Waals surface area contributed by atoms with Gasteiger partial charge in [-0.05, 0) is 49.4 Å². The third-order valence-electron chi connectivity index (χ3n) is 17.4. The van der Waals surface area contributed by atoms with Crippen molar-refractivity contribution < 1.29 is 80.2 Å². The van der Waals surface area contributed by atoms with Crippen LogP contribution in [0.5, 0.6) is 0 Å². The summed E-state index contributed by atoms with van der Waals surface area (Å²) < 4.78 is 68.4. The maximum atomic E-state index is 13.1. The van der Waals surface area contributed by atoms with Gasteiger partial charge >= 0.3 is 39.5 Å². The molecule has 93 heavy (non-hydrogen) atoms. The van der Waals surface area contributed by atoms with Crippen LogP contribution in [0.15, 0.2) is 0 Å². The fourth-order valence-corrected chi connectivity index (χ4v) is 12.7. The van der Waals surface area contributed by atoms with Crippen molar-refractivity contribution in [2.75, 3.05) is 39.6 Å². The predicted molar refractivity (Wildman–Crippen MR) is 377 cm³/mol. The van der Waals surface area contributed by atoms with Crippen molar-refractivity contribution in [1.82, 2.24) is 0 Å². The first-order chi connectivity index (χ1) is 44.6. The maximum Gasteiger partial charge on any atom is 0.472 e. The molecule has 19 heteroatoms. The van der Waals surface area contributed by atoms with Crippen LogP contribution in [0, 0.1) is 23.7 Å². The number of carbonyl (C=O) groups excluding carboxylic acids is 4. The molecule has 0 saturated heterocycles. The number of unbranched alkanes of at least 4 members (excludes halogenated alkanes) is 36. The van der Waals surface area contributed by atoms with Crippen LogP contribution in [0.25, 0.3) is 0 Å². The van der Waals surface area contributed by atoms with Gasteiger partial charge in [-0.1, -0.05) is 319 Å². The molecule has 0 aromatic rings. The second-order valence-electron chi connectivity index (χ2n) is 28.4. The fourth-order valence-electron chi connectivity index (χ4n) is 11.2. The molecule has 0 aromatic carbocycles. The highest BCUT2D eigenvalue weighted by molar-refractivity contribution is 7.47. The lowest BCUT2D eigenvalue weighted by atomic mass is 9.99. The van der Waals surface area contributed by atoms with Crippen LogP contribution in [-0.4, -0.2) is 96.7 Å². The van der Waals surface area contributed by atoms with Crippen LogP contribution < -0.4 is 0 Å². The summed E-state index contributed by atoms with van der Waals surface area (Å²) in [6.07, 6.45) is 47.2. The van der Waals surface area contributed by atoms with Gasteiger partial charge in [0.05, 0.1) is 26.4 Å². The lowest BCUT2D eigenvalue weighted by molar-refractivity contribution is -0.161. The van der Waals surface area contributed by atoms with Crippen molar-refractivity contribution in [3.63, 3.8) is 0 Å².